The highest BCUT2D eigenvalue weighted by Gasteiger charge is 2.22. The summed E-state index contributed by atoms with van der Waals surface area (Å²) in [6.45, 7) is 56.9. The Hall–Kier alpha value is -6.28. The molecule has 0 saturated heterocycles. The van der Waals surface area contributed by atoms with Gasteiger partial charge in [0, 0.05) is 23.2 Å². The van der Waals surface area contributed by atoms with Crippen LogP contribution in [0.4, 0.5) is 22.7 Å². The van der Waals surface area contributed by atoms with Gasteiger partial charge in [-0.3, -0.25) is 9.97 Å². The number of quaternary nitrogens is 4. The molecule has 4 aromatic carbocycles. The molecule has 2 N–H and O–H groups in total. The third-order valence-electron chi connectivity index (χ3n) is 18.4. The molecule has 0 spiro atoms. The molecular weight excluding hydrogens is 1260 g/mol. The van der Waals surface area contributed by atoms with Gasteiger partial charge in [0.25, 0.3) is 0 Å². The van der Waals surface area contributed by atoms with Crippen LogP contribution in [0.5, 0.6) is 11.5 Å². The van der Waals surface area contributed by atoms with E-state index in [1.54, 1.807) is 0 Å². The maximum atomic E-state index is 12.2. The smallest absolute Gasteiger partial charge is 0.169 e. The van der Waals surface area contributed by atoms with Crippen LogP contribution in [0.1, 0.15) is 122 Å². The van der Waals surface area contributed by atoms with Crippen LogP contribution < -0.4 is 0 Å². The zero-order chi connectivity index (χ0) is 70.1. The third kappa shape index (κ3) is 22.2. The molecule has 6 aromatic rings. The maximum absolute atomic E-state index is 12.2. The molecule has 0 aliphatic rings. The predicted octanol–water partition coefficient (Wildman–Crippen LogP) is 12.3. The molecule has 0 aliphatic heterocycles. The molecule has 0 bridgehead atoms. The van der Waals surface area contributed by atoms with Crippen LogP contribution in [0.3, 0.4) is 0 Å². The Bertz CT molecular complexity index is 3560. The molecule has 6 rings (SSSR count). The van der Waals surface area contributed by atoms with Gasteiger partial charge in [0.15, 0.2) is 11.5 Å². The molecule has 512 valence electrons. The van der Waals surface area contributed by atoms with Crippen LogP contribution in [0.25, 0.3) is 34.0 Å². The second kappa shape index (κ2) is 36.4. The molecule has 0 atom stereocenters. The first-order chi connectivity index (χ1) is 43.1. The number of benzene rings is 4. The molecule has 0 unspecified atom stereocenters. The number of hydrogen-bond donors (Lipinski definition) is 2. The highest BCUT2D eigenvalue weighted by atomic mass is 32.2. The van der Waals surface area contributed by atoms with E-state index in [0.29, 0.717) is 0 Å². The van der Waals surface area contributed by atoms with Gasteiger partial charge in [-0.25, -0.2) is 33.7 Å². The summed E-state index contributed by atoms with van der Waals surface area (Å²) in [5.74, 6) is -1.34. The number of aromatic nitrogens is 2. The zero-order valence-corrected chi connectivity index (χ0v) is 59.7. The molecule has 92 heavy (non-hydrogen) atoms. The molecule has 2 aromatic heterocycles. The number of fused-ring (bicyclic) bond motifs is 2. The van der Waals surface area contributed by atoms with Gasteiger partial charge < -0.3 is 46.4 Å². The van der Waals surface area contributed by atoms with Crippen LogP contribution in [-0.4, -0.2) is 195 Å². The van der Waals surface area contributed by atoms with Crippen molar-refractivity contribution in [1.29, 1.82) is 0 Å². The third-order valence-corrected chi connectivity index (χ3v) is 21.9. The summed E-state index contributed by atoms with van der Waals surface area (Å²) in [4.78, 5) is 4.35. The zero-order valence-electron chi connectivity index (χ0n) is 56.4. The minimum Gasteiger partial charge on any atom is -0.744 e. The maximum Gasteiger partial charge on any atom is 0.169 e. The Labute approximate surface area is 547 Å². The molecule has 2 heterocycles. The van der Waals surface area contributed by atoms with Crippen molar-refractivity contribution in [2.24, 2.45) is 20.5 Å². The van der Waals surface area contributed by atoms with E-state index in [2.05, 4.69) is 141 Å². The van der Waals surface area contributed by atoms with Gasteiger partial charge in [-0.05, 0) is 183 Å². The minimum atomic E-state index is -5.29. The second-order valence-corrected chi connectivity index (χ2v) is 27.1. The van der Waals surface area contributed by atoms with E-state index >= 15 is 0 Å². The lowest BCUT2D eigenvalue weighted by molar-refractivity contribution is -0.921. The van der Waals surface area contributed by atoms with E-state index in [1.165, 1.54) is 159 Å². The Morgan fingerprint density at radius 2 is 0.598 bits per heavy atom. The molecule has 0 saturated carbocycles. The molecule has 0 fully saturated rings. The summed E-state index contributed by atoms with van der Waals surface area (Å²) in [5, 5.41) is 35.7. The topological polar surface area (TPSA) is 344 Å². The normalized spacial score (nSPS) is 12.7. The molecule has 0 radical (unpaired) electrons. The number of phenols is 2. The van der Waals surface area contributed by atoms with Crippen molar-refractivity contribution in [3.63, 3.8) is 0 Å². The van der Waals surface area contributed by atoms with Gasteiger partial charge in [-0.15, -0.1) is 10.2 Å². The highest BCUT2D eigenvalue weighted by molar-refractivity contribution is 7.86. The lowest BCUT2D eigenvalue weighted by atomic mass is 10.1. The van der Waals surface area contributed by atoms with Crippen molar-refractivity contribution in [2.75, 3.05) is 105 Å². The predicted molar refractivity (Wildman–Crippen MR) is 359 cm³/mol. The van der Waals surface area contributed by atoms with Gasteiger partial charge in [-0.1, -0.05) is 24.3 Å². The fourth-order valence-corrected chi connectivity index (χ4v) is 13.3. The Kier molecular flexibility index (Phi) is 32.4. The van der Waals surface area contributed by atoms with E-state index in [-0.39, 0.29) is 44.3 Å². The van der Waals surface area contributed by atoms with Crippen LogP contribution in [0.2, 0.25) is 0 Å². The Morgan fingerprint density at radius 3 is 0.804 bits per heavy atom. The van der Waals surface area contributed by atoms with E-state index < -0.39 is 82.9 Å². The van der Waals surface area contributed by atoms with Crippen LogP contribution in [-0.2, 0) is 40.5 Å². The van der Waals surface area contributed by atoms with Crippen molar-refractivity contribution in [3.8, 4) is 11.5 Å². The Balaban J connectivity index is 0.000000645. The summed E-state index contributed by atoms with van der Waals surface area (Å²) in [5.41, 5.74) is -2.94. The first-order valence-electron chi connectivity index (χ1n) is 31.3. The van der Waals surface area contributed by atoms with Gasteiger partial charge in [0.05, 0.1) is 136 Å². The summed E-state index contributed by atoms with van der Waals surface area (Å²) in [6.07, 6.45) is 4.38. The summed E-state index contributed by atoms with van der Waals surface area (Å²) in [6, 6.07) is 12.4. The summed E-state index contributed by atoms with van der Waals surface area (Å²) in [7, 11) is -20.8. The number of hydrogen-bond acceptors (Lipinski definition) is 20. The summed E-state index contributed by atoms with van der Waals surface area (Å²) >= 11 is 0. The molecule has 0 aliphatic carbocycles. The average molecular weight is 1360 g/mol. The van der Waals surface area contributed by atoms with Crippen molar-refractivity contribution in [1.82, 2.24) is 9.97 Å². The monoisotopic (exact) mass is 1360 g/mol. The first-order valence-corrected chi connectivity index (χ1v) is 37.0. The number of rotatable bonds is 26. The van der Waals surface area contributed by atoms with Gasteiger partial charge in [0.1, 0.15) is 62.9 Å². The van der Waals surface area contributed by atoms with Crippen molar-refractivity contribution < 1.29 is 80.0 Å². The lowest BCUT2D eigenvalue weighted by Crippen LogP contribution is -2.47. The Morgan fingerprint density at radius 1 is 0.359 bits per heavy atom. The summed E-state index contributed by atoms with van der Waals surface area (Å²) < 4.78 is 150. The van der Waals surface area contributed by atoms with Crippen LogP contribution >= 0.6 is 0 Å². The first kappa shape index (κ1) is 81.8. The van der Waals surface area contributed by atoms with E-state index in [0.717, 1.165) is 60.7 Å². The van der Waals surface area contributed by atoms with Gasteiger partial charge in [0.2, 0.25) is 0 Å². The number of phenolic OH excluding ortho intramolecular Hbond substituents is 2. The van der Waals surface area contributed by atoms with Crippen molar-refractivity contribution in [3.05, 3.63) is 96.3 Å². The quantitative estimate of drug-likeness (QED) is 0.0220. The minimum absolute atomic E-state index is 0.198. The number of azo groups is 2. The lowest BCUT2D eigenvalue weighted by Gasteiger charge is -2.34. The molecule has 24 nitrogen and oxygen atoms in total. The highest BCUT2D eigenvalue weighted by Crippen LogP contribution is 2.41. The van der Waals surface area contributed by atoms with Crippen molar-refractivity contribution in [2.45, 2.75) is 130 Å². The van der Waals surface area contributed by atoms with Gasteiger partial charge in [-0.2, -0.15) is 10.2 Å². The molecular formula is C64H98N10O14S4. The molecule has 28 heteroatoms. The number of aromatic hydroxyl groups is 2. The fourth-order valence-electron chi connectivity index (χ4n) is 10.6. The van der Waals surface area contributed by atoms with E-state index in [4.69, 9.17) is 0 Å². The largest absolute Gasteiger partial charge is 0.744 e. The fraction of sp³-hybridized carbons (Fsp3) is 0.500. The van der Waals surface area contributed by atoms with Crippen LogP contribution in [0.15, 0.2) is 125 Å². The van der Waals surface area contributed by atoms with E-state index in [1.807, 2.05) is 0 Å². The SMILES string of the molecule is CC[N+](CC)(CC)CC.CC[N+](CC)(CC)CC.CC[N+](CC)(CC)CC.CC[N+](CC)(CC)CC.O=S(=O)([O-])c1cc(N=Nc2cc(S(=O)(=O)[O-])c3cccnc3c2O)ccc1/C=C/c1ccc(N=Nc2cc(S(=O)(=O)[O-])c3cccnc3c2O)cc1S(=O)(=O)[O-]. The van der Waals surface area contributed by atoms with E-state index in [9.17, 15) is 62.1 Å². The van der Waals surface area contributed by atoms with Gasteiger partial charge >= 0.3 is 0 Å². The number of pyridine rings is 2. The second-order valence-electron chi connectivity index (χ2n) is 21.7. The standard InChI is InChI=1S/C32H22N6O14S4.4C8H20N/c39-31-23(15-27(55(47,48)49)21-3-1-11-33-29(21)31)37-35-19-9-7-17(25(13-19)53(41,42)43)5-6-18-8-10-20(14-26(18)54(44,45)46)36-38-24-16-28(56(50,51)52)22-4-2-12-34-30(22)32(24)40;4*1-5-9(6-2,7-3)8-4/h1-16,39-40H,(H,41,42,43)(H,44,45,46)(H,47,48,49)(H,50,51,52);4*5-8H2,1-4H3/q;4*+1/p-4/b6-5+,37-35?,38-36?;;;;. The average Bonchev–Trinajstić information content (AvgIpc) is 0.787. The van der Waals surface area contributed by atoms with Crippen molar-refractivity contribution >= 4 is 97.2 Å². The number of nitrogens with zero attached hydrogens (tertiary/aromatic N) is 10. The molecule has 0 amide bonds. The van der Waals surface area contributed by atoms with Crippen LogP contribution in [0, 0.1) is 0 Å².